The number of carbonyl (C=O) groups is 2. The highest BCUT2D eigenvalue weighted by Crippen LogP contribution is 2.34. The first-order valence-corrected chi connectivity index (χ1v) is 10.3. The van der Waals surface area contributed by atoms with E-state index in [0.29, 0.717) is 34.9 Å². The van der Waals surface area contributed by atoms with Crippen molar-refractivity contribution in [3.8, 4) is 11.5 Å². The first-order chi connectivity index (χ1) is 15.0. The van der Waals surface area contributed by atoms with Gasteiger partial charge in [0, 0.05) is 5.70 Å². The van der Waals surface area contributed by atoms with Crippen molar-refractivity contribution in [2.75, 3.05) is 13.7 Å². The summed E-state index contributed by atoms with van der Waals surface area (Å²) in [6, 6.07) is 13.8. The number of ether oxygens (including phenoxy) is 3. The van der Waals surface area contributed by atoms with Crippen LogP contribution in [0.1, 0.15) is 43.9 Å². The molecule has 31 heavy (non-hydrogen) atoms. The number of methoxy groups -OCH3 is 1. The van der Waals surface area contributed by atoms with Crippen molar-refractivity contribution >= 4 is 12.0 Å². The predicted octanol–water partition coefficient (Wildman–Crippen LogP) is 4.25. The summed E-state index contributed by atoms with van der Waals surface area (Å²) >= 11 is 0. The third-order valence-corrected chi connectivity index (χ3v) is 4.98. The molecule has 164 valence electrons. The molecule has 7 heteroatoms. The molecule has 0 fully saturated rings. The Hall–Kier alpha value is -3.48. The van der Waals surface area contributed by atoms with Gasteiger partial charge in [-0.25, -0.2) is 9.59 Å². The van der Waals surface area contributed by atoms with Crippen LogP contribution in [0.4, 0.5) is 4.79 Å². The Morgan fingerprint density at radius 2 is 1.87 bits per heavy atom. The van der Waals surface area contributed by atoms with Crippen LogP contribution in [-0.2, 0) is 16.1 Å². The smallest absolute Gasteiger partial charge is 0.338 e. The molecule has 1 atom stereocenters. The lowest BCUT2D eigenvalue weighted by Crippen LogP contribution is -2.45. The van der Waals surface area contributed by atoms with E-state index in [9.17, 15) is 9.59 Å². The molecule has 7 nitrogen and oxygen atoms in total. The van der Waals surface area contributed by atoms with Crippen LogP contribution >= 0.6 is 0 Å². The first kappa shape index (κ1) is 22.2. The lowest BCUT2D eigenvalue weighted by atomic mass is 9.95. The topological polar surface area (TPSA) is 85.9 Å². The number of allylic oxidation sites excluding steroid dienone is 1. The number of unbranched alkanes of at least 4 members (excludes halogenated alkanes) is 1. The standard InChI is InChI=1S/C24H28N2O5/c1-4-5-13-30-19-12-11-18(14-20(19)29-3)22-21(16(2)25-24(28)26-22)23(27)31-15-17-9-7-6-8-10-17/h6-12,14,22H,4-5,13,15H2,1-3H3,(H2,25,26,28). The molecule has 2 aromatic carbocycles. The van der Waals surface area contributed by atoms with Crippen molar-refractivity contribution in [1.82, 2.24) is 10.6 Å². The molecule has 0 aromatic heterocycles. The predicted molar refractivity (Wildman–Crippen MR) is 117 cm³/mol. The molecule has 0 bridgehead atoms. The Balaban J connectivity index is 1.84. The zero-order valence-corrected chi connectivity index (χ0v) is 18.1. The number of carbonyl (C=O) groups excluding carboxylic acids is 2. The third-order valence-electron chi connectivity index (χ3n) is 4.98. The average molecular weight is 424 g/mol. The number of esters is 1. The fraction of sp³-hybridized carbons (Fsp3) is 0.333. The normalized spacial score (nSPS) is 15.7. The fourth-order valence-corrected chi connectivity index (χ4v) is 3.32. The summed E-state index contributed by atoms with van der Waals surface area (Å²) in [6.07, 6.45) is 1.97. The summed E-state index contributed by atoms with van der Waals surface area (Å²) in [7, 11) is 1.56. The van der Waals surface area contributed by atoms with Crippen LogP contribution in [0.3, 0.4) is 0 Å². The van der Waals surface area contributed by atoms with Gasteiger partial charge in [-0.2, -0.15) is 0 Å². The van der Waals surface area contributed by atoms with E-state index in [4.69, 9.17) is 14.2 Å². The van der Waals surface area contributed by atoms with Gasteiger partial charge < -0.3 is 24.8 Å². The molecule has 2 amide bonds. The Morgan fingerprint density at radius 1 is 1.10 bits per heavy atom. The molecule has 1 heterocycles. The van der Waals surface area contributed by atoms with Crippen molar-refractivity contribution in [2.45, 2.75) is 39.3 Å². The minimum Gasteiger partial charge on any atom is -0.493 e. The summed E-state index contributed by atoms with van der Waals surface area (Å²) in [5.41, 5.74) is 2.38. The molecule has 1 aliphatic rings. The second-order valence-corrected chi connectivity index (χ2v) is 7.24. The minimum absolute atomic E-state index is 0.143. The highest BCUT2D eigenvalue weighted by atomic mass is 16.5. The molecular formula is C24H28N2O5. The van der Waals surface area contributed by atoms with Crippen molar-refractivity contribution < 1.29 is 23.8 Å². The largest absolute Gasteiger partial charge is 0.493 e. The Morgan fingerprint density at radius 3 is 2.58 bits per heavy atom. The van der Waals surface area contributed by atoms with Crippen LogP contribution < -0.4 is 20.1 Å². The molecule has 0 radical (unpaired) electrons. The lowest BCUT2D eigenvalue weighted by molar-refractivity contribution is -0.140. The Bertz CT molecular complexity index is 956. The van der Waals surface area contributed by atoms with Crippen molar-refractivity contribution in [3.63, 3.8) is 0 Å². The van der Waals surface area contributed by atoms with Crippen LogP contribution in [0.25, 0.3) is 0 Å². The number of amides is 2. The average Bonchev–Trinajstić information content (AvgIpc) is 2.78. The van der Waals surface area contributed by atoms with E-state index < -0.39 is 12.0 Å². The molecule has 0 saturated heterocycles. The quantitative estimate of drug-likeness (QED) is 0.464. The number of rotatable bonds is 9. The molecule has 1 unspecified atom stereocenters. The summed E-state index contributed by atoms with van der Waals surface area (Å²) in [5, 5.41) is 5.47. The van der Waals surface area contributed by atoms with Gasteiger partial charge in [0.15, 0.2) is 11.5 Å². The Labute approximate surface area is 182 Å². The van der Waals surface area contributed by atoms with Gasteiger partial charge in [0.2, 0.25) is 0 Å². The van der Waals surface area contributed by atoms with Gasteiger partial charge in [0.1, 0.15) is 6.61 Å². The van der Waals surface area contributed by atoms with Gasteiger partial charge in [-0.05, 0) is 36.6 Å². The number of hydrogen-bond donors (Lipinski definition) is 2. The van der Waals surface area contributed by atoms with Crippen LogP contribution in [0.2, 0.25) is 0 Å². The van der Waals surface area contributed by atoms with Crippen molar-refractivity contribution in [3.05, 3.63) is 70.9 Å². The minimum atomic E-state index is -0.671. The summed E-state index contributed by atoms with van der Waals surface area (Å²) < 4.78 is 16.8. The maximum atomic E-state index is 12.9. The monoisotopic (exact) mass is 424 g/mol. The van der Waals surface area contributed by atoms with Gasteiger partial charge in [-0.15, -0.1) is 0 Å². The molecule has 1 aliphatic heterocycles. The van der Waals surface area contributed by atoms with Crippen molar-refractivity contribution in [1.29, 1.82) is 0 Å². The van der Waals surface area contributed by atoms with Crippen LogP contribution in [0.15, 0.2) is 59.8 Å². The molecule has 2 aromatic rings. The van der Waals surface area contributed by atoms with E-state index in [-0.39, 0.29) is 12.6 Å². The second kappa shape index (κ2) is 10.5. The zero-order chi connectivity index (χ0) is 22.2. The molecule has 0 saturated carbocycles. The van der Waals surface area contributed by atoms with Crippen molar-refractivity contribution in [2.24, 2.45) is 0 Å². The van der Waals surface area contributed by atoms with E-state index in [2.05, 4.69) is 17.6 Å². The Kier molecular flexibility index (Phi) is 7.54. The van der Waals surface area contributed by atoms with Gasteiger partial charge in [-0.1, -0.05) is 49.7 Å². The number of nitrogens with one attached hydrogen (secondary N) is 2. The summed E-state index contributed by atoms with van der Waals surface area (Å²) in [4.78, 5) is 25.1. The van der Waals surface area contributed by atoms with Crippen LogP contribution in [0, 0.1) is 0 Å². The van der Waals surface area contributed by atoms with Gasteiger partial charge in [-0.3, -0.25) is 0 Å². The molecule has 2 N–H and O–H groups in total. The van der Waals surface area contributed by atoms with Gasteiger partial charge in [0.05, 0.1) is 25.3 Å². The van der Waals surface area contributed by atoms with E-state index >= 15 is 0 Å². The number of urea groups is 1. The lowest BCUT2D eigenvalue weighted by Gasteiger charge is -2.28. The highest BCUT2D eigenvalue weighted by Gasteiger charge is 2.32. The first-order valence-electron chi connectivity index (χ1n) is 10.3. The molecule has 3 rings (SSSR count). The van der Waals surface area contributed by atoms with Crippen LogP contribution in [-0.4, -0.2) is 25.7 Å². The second-order valence-electron chi connectivity index (χ2n) is 7.24. The molecule has 0 aliphatic carbocycles. The SMILES string of the molecule is CCCCOc1ccc(C2NC(=O)NC(C)=C2C(=O)OCc2ccccc2)cc1OC. The molecular weight excluding hydrogens is 396 g/mol. The van der Waals surface area contributed by atoms with E-state index in [1.807, 2.05) is 36.4 Å². The summed E-state index contributed by atoms with van der Waals surface area (Å²) in [5.74, 6) is 0.658. The third kappa shape index (κ3) is 5.57. The number of benzene rings is 2. The van der Waals surface area contributed by atoms with E-state index in [1.54, 1.807) is 26.2 Å². The summed E-state index contributed by atoms with van der Waals surface area (Å²) in [6.45, 7) is 4.51. The molecule has 0 spiro atoms. The maximum Gasteiger partial charge on any atom is 0.338 e. The number of hydrogen-bond acceptors (Lipinski definition) is 5. The van der Waals surface area contributed by atoms with E-state index in [1.165, 1.54) is 0 Å². The fourth-order valence-electron chi connectivity index (χ4n) is 3.32. The maximum absolute atomic E-state index is 12.9. The van der Waals surface area contributed by atoms with E-state index in [0.717, 1.165) is 18.4 Å². The highest BCUT2D eigenvalue weighted by molar-refractivity contribution is 5.95. The van der Waals surface area contributed by atoms with Gasteiger partial charge in [0.25, 0.3) is 0 Å². The van der Waals surface area contributed by atoms with Gasteiger partial charge >= 0.3 is 12.0 Å². The van der Waals surface area contributed by atoms with Crippen LogP contribution in [0.5, 0.6) is 11.5 Å². The zero-order valence-electron chi connectivity index (χ0n) is 18.1.